The highest BCUT2D eigenvalue weighted by atomic mass is 16.4. The Kier molecular flexibility index (Phi) is 2.51. The van der Waals surface area contributed by atoms with E-state index in [1.165, 1.54) is 5.56 Å². The Balaban J connectivity index is 1.87. The van der Waals surface area contributed by atoms with Gasteiger partial charge in [0, 0.05) is 25.2 Å². The van der Waals surface area contributed by atoms with Crippen molar-refractivity contribution in [2.75, 3.05) is 11.9 Å². The summed E-state index contributed by atoms with van der Waals surface area (Å²) in [6, 6.07) is 10.2. The first kappa shape index (κ1) is 10.8. The van der Waals surface area contributed by atoms with E-state index in [1.807, 2.05) is 22.8 Å². The van der Waals surface area contributed by atoms with Crippen LogP contribution in [0.2, 0.25) is 0 Å². The van der Waals surface area contributed by atoms with Crippen molar-refractivity contribution in [2.45, 2.75) is 12.5 Å². The topological polar surface area (TPSA) is 67.1 Å². The Hall–Kier alpha value is -2.30. The molecule has 18 heavy (non-hydrogen) atoms. The maximum Gasteiger partial charge on any atom is 0.356 e. The van der Waals surface area contributed by atoms with Gasteiger partial charge >= 0.3 is 5.97 Å². The summed E-state index contributed by atoms with van der Waals surface area (Å²) in [6.07, 6.45) is 1.58. The van der Waals surface area contributed by atoms with Crippen molar-refractivity contribution in [3.05, 3.63) is 47.8 Å². The molecular weight excluding hydrogens is 230 g/mol. The number of benzene rings is 1. The number of anilines is 1. The maximum absolute atomic E-state index is 10.9. The van der Waals surface area contributed by atoms with E-state index in [0.29, 0.717) is 11.9 Å². The predicted molar refractivity (Wildman–Crippen MR) is 66.9 cm³/mol. The zero-order chi connectivity index (χ0) is 12.5. The maximum atomic E-state index is 10.9. The molecule has 0 aliphatic carbocycles. The van der Waals surface area contributed by atoms with Crippen molar-refractivity contribution < 1.29 is 9.90 Å². The second-order valence-electron chi connectivity index (χ2n) is 4.40. The van der Waals surface area contributed by atoms with Gasteiger partial charge in [-0.15, -0.1) is 0 Å². The van der Waals surface area contributed by atoms with Crippen LogP contribution in [0.3, 0.4) is 0 Å². The van der Waals surface area contributed by atoms with Gasteiger partial charge in [-0.25, -0.2) is 9.78 Å². The number of rotatable bonds is 2. The Labute approximate surface area is 104 Å². The zero-order valence-corrected chi connectivity index (χ0v) is 9.71. The first-order valence-electron chi connectivity index (χ1n) is 5.83. The number of hydrogen-bond donors (Lipinski definition) is 2. The fourth-order valence-electron chi connectivity index (χ4n) is 2.26. The highest BCUT2D eigenvalue weighted by Crippen LogP contribution is 2.25. The molecule has 0 spiro atoms. The normalized spacial score (nSPS) is 17.9. The average Bonchev–Trinajstić information content (AvgIpc) is 2.82. The van der Waals surface area contributed by atoms with Crippen molar-refractivity contribution in [2.24, 2.45) is 0 Å². The van der Waals surface area contributed by atoms with Gasteiger partial charge in [-0.2, -0.15) is 0 Å². The summed E-state index contributed by atoms with van der Waals surface area (Å²) in [5.41, 5.74) is 1.34. The number of fused-ring (bicyclic) bond motifs is 1. The lowest BCUT2D eigenvalue weighted by Gasteiger charge is -2.25. The summed E-state index contributed by atoms with van der Waals surface area (Å²) in [5, 5.41) is 12.1. The van der Waals surface area contributed by atoms with Crippen LogP contribution >= 0.6 is 0 Å². The Morgan fingerprint density at radius 1 is 1.39 bits per heavy atom. The molecule has 1 aliphatic rings. The number of carboxylic acid groups (broad SMARTS) is 1. The van der Waals surface area contributed by atoms with Crippen LogP contribution in [0.4, 0.5) is 5.95 Å². The molecule has 0 saturated heterocycles. The lowest BCUT2D eigenvalue weighted by molar-refractivity contribution is 0.0691. The Bertz CT molecular complexity index is 577. The van der Waals surface area contributed by atoms with E-state index < -0.39 is 5.97 Å². The van der Waals surface area contributed by atoms with Gasteiger partial charge in [-0.1, -0.05) is 30.3 Å². The van der Waals surface area contributed by atoms with Crippen LogP contribution in [0.25, 0.3) is 0 Å². The number of hydrogen-bond acceptors (Lipinski definition) is 3. The van der Waals surface area contributed by atoms with Crippen LogP contribution in [-0.4, -0.2) is 27.2 Å². The SMILES string of the molecule is O=C(O)c1cn2c(n1)NCC(c1ccccc1)C2. The summed E-state index contributed by atoms with van der Waals surface area (Å²) < 4.78 is 1.87. The molecule has 5 heteroatoms. The van der Waals surface area contributed by atoms with Gasteiger partial charge in [0.25, 0.3) is 0 Å². The number of nitrogens with zero attached hydrogens (tertiary/aromatic N) is 2. The molecule has 0 saturated carbocycles. The summed E-state index contributed by atoms with van der Waals surface area (Å²) in [5.74, 6) is -0.0101. The van der Waals surface area contributed by atoms with E-state index in [1.54, 1.807) is 6.20 Å². The number of imidazole rings is 1. The molecule has 2 heterocycles. The zero-order valence-electron chi connectivity index (χ0n) is 9.71. The minimum Gasteiger partial charge on any atom is -0.476 e. The molecule has 2 aromatic rings. The Morgan fingerprint density at radius 2 is 2.17 bits per heavy atom. The van der Waals surface area contributed by atoms with E-state index in [4.69, 9.17) is 5.11 Å². The summed E-state index contributed by atoms with van der Waals surface area (Å²) in [6.45, 7) is 1.53. The third kappa shape index (κ3) is 1.84. The van der Waals surface area contributed by atoms with Gasteiger partial charge in [0.1, 0.15) is 0 Å². The monoisotopic (exact) mass is 243 g/mol. The molecule has 0 amide bonds. The summed E-state index contributed by atoms with van der Waals surface area (Å²) in [4.78, 5) is 14.9. The fraction of sp³-hybridized carbons (Fsp3) is 0.231. The van der Waals surface area contributed by atoms with E-state index in [0.717, 1.165) is 13.1 Å². The lowest BCUT2D eigenvalue weighted by Crippen LogP contribution is -2.25. The van der Waals surface area contributed by atoms with Crippen LogP contribution in [-0.2, 0) is 6.54 Å². The molecule has 1 aliphatic heterocycles. The standard InChI is InChI=1S/C13H13N3O2/c17-12(18)11-8-16-7-10(6-14-13(16)15-11)9-4-2-1-3-5-9/h1-5,8,10H,6-7H2,(H,14,15)(H,17,18). The van der Waals surface area contributed by atoms with Crippen molar-refractivity contribution in [3.63, 3.8) is 0 Å². The first-order chi connectivity index (χ1) is 8.74. The number of nitrogens with one attached hydrogen (secondary N) is 1. The molecule has 92 valence electrons. The molecule has 1 unspecified atom stereocenters. The third-order valence-electron chi connectivity index (χ3n) is 3.19. The lowest BCUT2D eigenvalue weighted by atomic mass is 9.98. The van der Waals surface area contributed by atoms with Crippen LogP contribution in [0.1, 0.15) is 22.0 Å². The molecule has 2 N–H and O–H groups in total. The molecule has 5 nitrogen and oxygen atoms in total. The predicted octanol–water partition coefficient (Wildman–Crippen LogP) is 1.79. The molecular formula is C13H13N3O2. The smallest absolute Gasteiger partial charge is 0.356 e. The molecule has 3 rings (SSSR count). The van der Waals surface area contributed by atoms with E-state index in [2.05, 4.69) is 22.4 Å². The molecule has 0 radical (unpaired) electrons. The quantitative estimate of drug-likeness (QED) is 0.843. The van der Waals surface area contributed by atoms with E-state index in [9.17, 15) is 4.79 Å². The van der Waals surface area contributed by atoms with Crippen molar-refractivity contribution in [3.8, 4) is 0 Å². The summed E-state index contributed by atoms with van der Waals surface area (Å²) >= 11 is 0. The Morgan fingerprint density at radius 3 is 2.89 bits per heavy atom. The number of carbonyl (C=O) groups is 1. The van der Waals surface area contributed by atoms with Crippen LogP contribution in [0.15, 0.2) is 36.5 Å². The van der Waals surface area contributed by atoms with Crippen LogP contribution in [0, 0.1) is 0 Å². The van der Waals surface area contributed by atoms with Crippen molar-refractivity contribution in [1.82, 2.24) is 9.55 Å². The molecule has 1 atom stereocenters. The minimum absolute atomic E-state index is 0.0891. The highest BCUT2D eigenvalue weighted by Gasteiger charge is 2.22. The number of carboxylic acids is 1. The van der Waals surface area contributed by atoms with Crippen LogP contribution in [0.5, 0.6) is 0 Å². The minimum atomic E-state index is -0.991. The number of aromatic carboxylic acids is 1. The van der Waals surface area contributed by atoms with Gasteiger partial charge in [0.2, 0.25) is 5.95 Å². The second-order valence-corrected chi connectivity index (χ2v) is 4.40. The fourth-order valence-corrected chi connectivity index (χ4v) is 2.26. The summed E-state index contributed by atoms with van der Waals surface area (Å²) in [7, 11) is 0. The van der Waals surface area contributed by atoms with Gasteiger partial charge in [-0.3, -0.25) is 0 Å². The molecule has 1 aromatic heterocycles. The van der Waals surface area contributed by atoms with Gasteiger partial charge in [0.05, 0.1) is 0 Å². The second kappa shape index (κ2) is 4.18. The largest absolute Gasteiger partial charge is 0.476 e. The van der Waals surface area contributed by atoms with Crippen molar-refractivity contribution in [1.29, 1.82) is 0 Å². The van der Waals surface area contributed by atoms with Gasteiger partial charge < -0.3 is 15.0 Å². The third-order valence-corrected chi connectivity index (χ3v) is 3.19. The number of aromatic nitrogens is 2. The average molecular weight is 243 g/mol. The molecule has 1 aromatic carbocycles. The van der Waals surface area contributed by atoms with Crippen molar-refractivity contribution >= 4 is 11.9 Å². The van der Waals surface area contributed by atoms with E-state index >= 15 is 0 Å². The van der Waals surface area contributed by atoms with E-state index in [-0.39, 0.29) is 5.69 Å². The molecule has 0 bridgehead atoms. The molecule has 0 fully saturated rings. The highest BCUT2D eigenvalue weighted by molar-refractivity contribution is 5.85. The van der Waals surface area contributed by atoms with Crippen LogP contribution < -0.4 is 5.32 Å². The van der Waals surface area contributed by atoms with Gasteiger partial charge in [0.15, 0.2) is 5.69 Å². The first-order valence-corrected chi connectivity index (χ1v) is 5.83. The van der Waals surface area contributed by atoms with Gasteiger partial charge in [-0.05, 0) is 5.56 Å².